The van der Waals surface area contributed by atoms with Crippen molar-refractivity contribution in [3.8, 4) is 5.75 Å². The Morgan fingerprint density at radius 1 is 1.14 bits per heavy atom. The van der Waals surface area contributed by atoms with Gasteiger partial charge in [-0.25, -0.2) is 0 Å². The molecule has 1 aromatic carbocycles. The van der Waals surface area contributed by atoms with Gasteiger partial charge in [-0.1, -0.05) is 37.5 Å². The molecule has 2 aliphatic heterocycles. The first-order chi connectivity index (χ1) is 10.4. The molecule has 1 N–H and O–H groups in total. The van der Waals surface area contributed by atoms with Gasteiger partial charge in [-0.05, 0) is 18.9 Å². The van der Waals surface area contributed by atoms with Gasteiger partial charge in [0.05, 0.1) is 6.61 Å². The highest BCUT2D eigenvalue weighted by molar-refractivity contribution is 5.38. The maximum absolute atomic E-state index is 5.88. The van der Waals surface area contributed by atoms with E-state index in [2.05, 4.69) is 34.5 Å². The Hall–Kier alpha value is -1.06. The van der Waals surface area contributed by atoms with Gasteiger partial charge >= 0.3 is 0 Å². The van der Waals surface area contributed by atoms with Crippen molar-refractivity contribution in [2.75, 3.05) is 26.2 Å². The number of nitrogens with zero attached hydrogens (tertiary/aromatic N) is 1. The van der Waals surface area contributed by atoms with E-state index >= 15 is 0 Å². The molecule has 1 atom stereocenters. The molecule has 0 aromatic heterocycles. The van der Waals surface area contributed by atoms with Gasteiger partial charge in [-0.3, -0.25) is 4.90 Å². The SMILES string of the molecule is c1ccc2c(c1)OCCC2N1CCNCC12CCCCC2. The molecule has 0 radical (unpaired) electrons. The number of rotatable bonds is 1. The minimum Gasteiger partial charge on any atom is -0.493 e. The summed E-state index contributed by atoms with van der Waals surface area (Å²) in [5.41, 5.74) is 1.81. The molecule has 1 aromatic rings. The quantitative estimate of drug-likeness (QED) is 0.858. The highest BCUT2D eigenvalue weighted by Crippen LogP contribution is 2.44. The summed E-state index contributed by atoms with van der Waals surface area (Å²) >= 11 is 0. The Labute approximate surface area is 127 Å². The standard InChI is InChI=1S/C18H26N2O/c1-4-9-18(10-5-1)14-19-11-12-20(18)16-8-13-21-17-7-3-2-6-15(16)17/h2-3,6-7,16,19H,1,4-5,8-14H2. The van der Waals surface area contributed by atoms with Crippen molar-refractivity contribution in [3.05, 3.63) is 29.8 Å². The van der Waals surface area contributed by atoms with Gasteiger partial charge in [0.1, 0.15) is 5.75 Å². The van der Waals surface area contributed by atoms with Crippen LogP contribution >= 0.6 is 0 Å². The second-order valence-electron chi connectivity index (χ2n) is 6.85. The lowest BCUT2D eigenvalue weighted by atomic mass is 9.77. The average molecular weight is 286 g/mol. The van der Waals surface area contributed by atoms with Crippen LogP contribution in [0.25, 0.3) is 0 Å². The van der Waals surface area contributed by atoms with Gasteiger partial charge in [0.2, 0.25) is 0 Å². The number of ether oxygens (including phenoxy) is 1. The average Bonchev–Trinajstić information content (AvgIpc) is 2.56. The Morgan fingerprint density at radius 2 is 2.00 bits per heavy atom. The number of para-hydroxylation sites is 1. The van der Waals surface area contributed by atoms with Crippen molar-refractivity contribution in [1.82, 2.24) is 10.2 Å². The van der Waals surface area contributed by atoms with E-state index < -0.39 is 0 Å². The van der Waals surface area contributed by atoms with Gasteiger partial charge in [0.25, 0.3) is 0 Å². The van der Waals surface area contributed by atoms with Gasteiger partial charge in [-0.2, -0.15) is 0 Å². The molecule has 1 spiro atoms. The van der Waals surface area contributed by atoms with E-state index in [1.54, 1.807) is 0 Å². The fourth-order valence-corrected chi connectivity index (χ4v) is 4.67. The van der Waals surface area contributed by atoms with E-state index in [1.165, 1.54) is 50.8 Å². The summed E-state index contributed by atoms with van der Waals surface area (Å²) in [7, 11) is 0. The molecule has 2 heterocycles. The van der Waals surface area contributed by atoms with Crippen LogP contribution in [0.2, 0.25) is 0 Å². The summed E-state index contributed by atoms with van der Waals surface area (Å²) in [6.45, 7) is 4.34. The lowest BCUT2D eigenvalue weighted by Gasteiger charge is -2.54. The molecule has 21 heavy (non-hydrogen) atoms. The molecule has 1 unspecified atom stereocenters. The number of piperazine rings is 1. The molecule has 114 valence electrons. The monoisotopic (exact) mass is 286 g/mol. The zero-order valence-corrected chi connectivity index (χ0v) is 12.8. The van der Waals surface area contributed by atoms with Gasteiger partial charge < -0.3 is 10.1 Å². The van der Waals surface area contributed by atoms with Crippen molar-refractivity contribution in [1.29, 1.82) is 0 Å². The molecule has 0 amide bonds. The topological polar surface area (TPSA) is 24.5 Å². The molecular weight excluding hydrogens is 260 g/mol. The third-order valence-electron chi connectivity index (χ3n) is 5.68. The molecule has 1 aliphatic carbocycles. The number of hydrogen-bond acceptors (Lipinski definition) is 3. The van der Waals surface area contributed by atoms with Crippen LogP contribution in [-0.2, 0) is 0 Å². The van der Waals surface area contributed by atoms with E-state index in [0.717, 1.165) is 25.3 Å². The Kier molecular flexibility index (Phi) is 3.64. The summed E-state index contributed by atoms with van der Waals surface area (Å²) in [6, 6.07) is 9.22. The van der Waals surface area contributed by atoms with Gasteiger partial charge in [-0.15, -0.1) is 0 Å². The largest absolute Gasteiger partial charge is 0.493 e. The van der Waals surface area contributed by atoms with Crippen LogP contribution in [0.3, 0.4) is 0 Å². The fraction of sp³-hybridized carbons (Fsp3) is 0.667. The second kappa shape index (κ2) is 5.62. The highest BCUT2D eigenvalue weighted by atomic mass is 16.5. The first-order valence-electron chi connectivity index (χ1n) is 8.58. The Bertz CT molecular complexity index is 487. The maximum atomic E-state index is 5.88. The van der Waals surface area contributed by atoms with Crippen molar-refractivity contribution < 1.29 is 4.74 Å². The minimum absolute atomic E-state index is 0.394. The molecule has 1 saturated heterocycles. The summed E-state index contributed by atoms with van der Waals surface area (Å²) in [5.74, 6) is 1.11. The predicted octanol–water partition coefficient (Wildman–Crippen LogP) is 3.12. The summed E-state index contributed by atoms with van der Waals surface area (Å²) < 4.78 is 5.88. The van der Waals surface area contributed by atoms with Crippen LogP contribution in [-0.4, -0.2) is 36.7 Å². The van der Waals surface area contributed by atoms with E-state index in [9.17, 15) is 0 Å². The highest BCUT2D eigenvalue weighted by Gasteiger charge is 2.44. The smallest absolute Gasteiger partial charge is 0.124 e. The summed E-state index contributed by atoms with van der Waals surface area (Å²) in [5, 5.41) is 3.67. The molecule has 1 saturated carbocycles. The van der Waals surface area contributed by atoms with E-state index in [4.69, 9.17) is 4.74 Å². The molecule has 3 heteroatoms. The fourth-order valence-electron chi connectivity index (χ4n) is 4.67. The number of benzene rings is 1. The number of nitrogens with one attached hydrogen (secondary N) is 1. The Morgan fingerprint density at radius 3 is 2.90 bits per heavy atom. The van der Waals surface area contributed by atoms with Crippen LogP contribution in [0.4, 0.5) is 0 Å². The zero-order chi connectivity index (χ0) is 14.1. The third-order valence-corrected chi connectivity index (χ3v) is 5.68. The predicted molar refractivity (Wildman–Crippen MR) is 84.7 cm³/mol. The zero-order valence-electron chi connectivity index (χ0n) is 12.8. The van der Waals surface area contributed by atoms with Crippen LogP contribution in [0, 0.1) is 0 Å². The molecule has 0 bridgehead atoms. The maximum Gasteiger partial charge on any atom is 0.124 e. The molecular formula is C18H26N2O. The van der Waals surface area contributed by atoms with Crippen LogP contribution < -0.4 is 10.1 Å². The van der Waals surface area contributed by atoms with Crippen LogP contribution in [0.5, 0.6) is 5.75 Å². The van der Waals surface area contributed by atoms with Crippen molar-refractivity contribution in [2.24, 2.45) is 0 Å². The van der Waals surface area contributed by atoms with E-state index in [0.29, 0.717) is 11.6 Å². The molecule has 3 nitrogen and oxygen atoms in total. The number of hydrogen-bond donors (Lipinski definition) is 1. The first-order valence-corrected chi connectivity index (χ1v) is 8.58. The lowest BCUT2D eigenvalue weighted by Crippen LogP contribution is -2.63. The summed E-state index contributed by atoms with van der Waals surface area (Å²) in [6.07, 6.45) is 8.06. The van der Waals surface area contributed by atoms with E-state index in [1.807, 2.05) is 0 Å². The van der Waals surface area contributed by atoms with Crippen LogP contribution in [0.15, 0.2) is 24.3 Å². The number of fused-ring (bicyclic) bond motifs is 1. The van der Waals surface area contributed by atoms with E-state index in [-0.39, 0.29) is 0 Å². The molecule has 4 rings (SSSR count). The Balaban J connectivity index is 1.68. The first kappa shape index (κ1) is 13.6. The summed E-state index contributed by atoms with van der Waals surface area (Å²) in [4.78, 5) is 2.84. The van der Waals surface area contributed by atoms with Crippen molar-refractivity contribution in [3.63, 3.8) is 0 Å². The van der Waals surface area contributed by atoms with Crippen LogP contribution in [0.1, 0.15) is 50.1 Å². The minimum atomic E-state index is 0.394. The molecule has 2 fully saturated rings. The molecule has 3 aliphatic rings. The van der Waals surface area contributed by atoms with Crippen molar-refractivity contribution >= 4 is 0 Å². The van der Waals surface area contributed by atoms with Gasteiger partial charge in [0.15, 0.2) is 0 Å². The second-order valence-corrected chi connectivity index (χ2v) is 6.85. The van der Waals surface area contributed by atoms with Gasteiger partial charge in [0, 0.05) is 43.2 Å². The third kappa shape index (κ3) is 2.36. The lowest BCUT2D eigenvalue weighted by molar-refractivity contribution is -0.0203. The van der Waals surface area contributed by atoms with Crippen molar-refractivity contribution in [2.45, 2.75) is 50.1 Å². The normalized spacial score (nSPS) is 28.9.